The van der Waals surface area contributed by atoms with Gasteiger partial charge in [0.25, 0.3) is 0 Å². The van der Waals surface area contributed by atoms with Crippen molar-refractivity contribution < 1.29 is 36.6 Å². The maximum atomic E-state index is 13.8. The van der Waals surface area contributed by atoms with Gasteiger partial charge in [0, 0.05) is 25.1 Å². The van der Waals surface area contributed by atoms with Crippen molar-refractivity contribution in [2.45, 2.75) is 70.4 Å². The maximum Gasteiger partial charge on any atom is 0.416 e. The highest BCUT2D eigenvalue weighted by Crippen LogP contribution is 2.30. The second-order valence-corrected chi connectivity index (χ2v) is 9.75. The van der Waals surface area contributed by atoms with Crippen LogP contribution in [0.5, 0.6) is 0 Å². The normalized spacial score (nSPS) is 12.4. The first-order chi connectivity index (χ1) is 18.5. The van der Waals surface area contributed by atoms with Gasteiger partial charge in [-0.25, -0.2) is 4.39 Å². The molecule has 2 aromatic rings. The quantitative estimate of drug-likeness (QED) is 0.150. The van der Waals surface area contributed by atoms with Gasteiger partial charge in [-0.1, -0.05) is 55.7 Å². The number of alkyl halides is 3. The zero-order chi connectivity index (χ0) is 28.7. The van der Waals surface area contributed by atoms with Gasteiger partial charge >= 0.3 is 12.1 Å². The van der Waals surface area contributed by atoms with E-state index in [4.69, 9.17) is 9.47 Å². The van der Waals surface area contributed by atoms with Crippen LogP contribution in [0.1, 0.15) is 61.6 Å². The van der Waals surface area contributed by atoms with Crippen molar-refractivity contribution in [2.24, 2.45) is 0 Å². The SMILES string of the molecule is CN(C)C[C@@H](CC(=O)OCc1ccccc1)NC(=O)CCCCCCCOCc1ccc(C(F)(F)F)cc1F. The molecule has 2 aromatic carbocycles. The Labute approximate surface area is 227 Å². The molecule has 0 aromatic heterocycles. The fourth-order valence-electron chi connectivity index (χ4n) is 3.94. The van der Waals surface area contributed by atoms with Crippen molar-refractivity contribution in [2.75, 3.05) is 27.2 Å². The average Bonchev–Trinajstić information content (AvgIpc) is 2.86. The number of carbonyl (C=O) groups is 2. The lowest BCUT2D eigenvalue weighted by Crippen LogP contribution is -2.43. The topological polar surface area (TPSA) is 67.9 Å². The number of nitrogens with zero attached hydrogens (tertiary/aromatic N) is 1. The van der Waals surface area contributed by atoms with Crippen LogP contribution >= 0.6 is 0 Å². The van der Waals surface area contributed by atoms with E-state index in [0.29, 0.717) is 32.1 Å². The Bertz CT molecular complexity index is 1020. The molecule has 1 amide bonds. The Morgan fingerprint density at radius 1 is 0.949 bits per heavy atom. The molecule has 0 fully saturated rings. The largest absolute Gasteiger partial charge is 0.461 e. The maximum absolute atomic E-state index is 13.8. The van der Waals surface area contributed by atoms with E-state index >= 15 is 0 Å². The summed E-state index contributed by atoms with van der Waals surface area (Å²) in [6.45, 7) is 0.993. The molecule has 0 saturated carbocycles. The number of amides is 1. The number of hydrogen-bond acceptors (Lipinski definition) is 5. The van der Waals surface area contributed by atoms with Crippen molar-refractivity contribution in [3.05, 3.63) is 71.0 Å². The van der Waals surface area contributed by atoms with Gasteiger partial charge < -0.3 is 19.7 Å². The number of halogens is 4. The van der Waals surface area contributed by atoms with Crippen LogP contribution in [0.15, 0.2) is 48.5 Å². The molecule has 0 aliphatic rings. The molecular formula is C29H38F4N2O4. The monoisotopic (exact) mass is 554 g/mol. The standard InChI is InChI=1S/C29H38F4N2O4/c1-35(2)19-25(18-28(37)39-20-22-11-7-6-8-12-22)34-27(36)13-9-4-3-5-10-16-38-21-23-14-15-24(17-26(23)30)29(31,32)33/h6-8,11-12,14-15,17,25H,3-5,9-10,13,16,18-21H2,1-2H3,(H,34,36)/t25-/m1/s1. The summed E-state index contributed by atoms with van der Waals surface area (Å²) in [6.07, 6.45) is -0.114. The fraction of sp³-hybridized carbons (Fsp3) is 0.517. The molecule has 0 bridgehead atoms. The summed E-state index contributed by atoms with van der Waals surface area (Å²) in [5.74, 6) is -1.41. The van der Waals surface area contributed by atoms with Crippen LogP contribution < -0.4 is 5.32 Å². The summed E-state index contributed by atoms with van der Waals surface area (Å²) in [7, 11) is 3.75. The molecule has 1 N–H and O–H groups in total. The highest BCUT2D eigenvalue weighted by atomic mass is 19.4. The first-order valence-electron chi connectivity index (χ1n) is 13.1. The lowest BCUT2D eigenvalue weighted by molar-refractivity contribution is -0.145. The third-order valence-electron chi connectivity index (χ3n) is 5.94. The van der Waals surface area contributed by atoms with E-state index in [2.05, 4.69) is 5.32 Å². The molecule has 0 heterocycles. The van der Waals surface area contributed by atoms with Crippen molar-refractivity contribution >= 4 is 11.9 Å². The van der Waals surface area contributed by atoms with E-state index in [1.165, 1.54) is 0 Å². The van der Waals surface area contributed by atoms with Crippen molar-refractivity contribution in [1.82, 2.24) is 10.2 Å². The molecule has 0 spiro atoms. The highest BCUT2D eigenvalue weighted by Gasteiger charge is 2.31. The van der Waals surface area contributed by atoms with E-state index in [-0.39, 0.29) is 43.1 Å². The molecule has 1 atom stereocenters. The van der Waals surface area contributed by atoms with Crippen molar-refractivity contribution in [3.63, 3.8) is 0 Å². The molecule has 0 unspecified atom stereocenters. The smallest absolute Gasteiger partial charge is 0.416 e. The van der Waals surface area contributed by atoms with E-state index in [9.17, 15) is 27.2 Å². The number of carbonyl (C=O) groups excluding carboxylic acids is 2. The van der Waals surface area contributed by atoms with Gasteiger partial charge in [0.15, 0.2) is 0 Å². The minimum atomic E-state index is -4.58. The molecule has 10 heteroatoms. The molecule has 2 rings (SSSR count). The molecule has 39 heavy (non-hydrogen) atoms. The van der Waals surface area contributed by atoms with Crippen molar-refractivity contribution in [3.8, 4) is 0 Å². The second kappa shape index (κ2) is 16.9. The number of benzene rings is 2. The molecule has 0 saturated heterocycles. The molecule has 216 valence electrons. The lowest BCUT2D eigenvalue weighted by atomic mass is 10.1. The summed E-state index contributed by atoms with van der Waals surface area (Å²) in [5, 5.41) is 2.93. The predicted molar refractivity (Wildman–Crippen MR) is 140 cm³/mol. The number of hydrogen-bond donors (Lipinski definition) is 1. The van der Waals surface area contributed by atoms with Crippen LogP contribution in [-0.2, 0) is 38.5 Å². The van der Waals surface area contributed by atoms with Crippen molar-refractivity contribution in [1.29, 1.82) is 0 Å². The zero-order valence-corrected chi connectivity index (χ0v) is 22.6. The Morgan fingerprint density at radius 3 is 2.31 bits per heavy atom. The number of rotatable bonds is 17. The predicted octanol–water partition coefficient (Wildman–Crippen LogP) is 5.88. The number of nitrogens with one attached hydrogen (secondary N) is 1. The Balaban J connectivity index is 1.57. The second-order valence-electron chi connectivity index (χ2n) is 9.75. The minimum absolute atomic E-state index is 0.0853. The van der Waals surface area contributed by atoms with Gasteiger partial charge in [-0.05, 0) is 44.6 Å². The van der Waals surface area contributed by atoms with Gasteiger partial charge in [-0.3, -0.25) is 9.59 Å². The fourth-order valence-corrected chi connectivity index (χ4v) is 3.94. The van der Waals surface area contributed by atoms with Gasteiger partial charge in [-0.15, -0.1) is 0 Å². The minimum Gasteiger partial charge on any atom is -0.461 e. The first kappa shape index (κ1) is 32.2. The third-order valence-corrected chi connectivity index (χ3v) is 5.94. The Hall–Kier alpha value is -2.98. The van der Waals surface area contributed by atoms with E-state index in [1.807, 2.05) is 49.3 Å². The van der Waals surface area contributed by atoms with E-state index in [0.717, 1.165) is 43.4 Å². The van der Waals surface area contributed by atoms with Gasteiger partial charge in [-0.2, -0.15) is 13.2 Å². The number of esters is 1. The van der Waals surface area contributed by atoms with Crippen LogP contribution in [0.4, 0.5) is 17.6 Å². The third kappa shape index (κ3) is 13.6. The number of likely N-dealkylation sites (N-methyl/N-ethyl adjacent to an activating group) is 1. The Morgan fingerprint density at radius 2 is 1.64 bits per heavy atom. The summed E-state index contributed by atoms with van der Waals surface area (Å²) < 4.78 is 62.4. The van der Waals surface area contributed by atoms with E-state index in [1.54, 1.807) is 0 Å². The first-order valence-corrected chi connectivity index (χ1v) is 13.1. The van der Waals surface area contributed by atoms with E-state index < -0.39 is 17.6 Å². The average molecular weight is 555 g/mol. The van der Waals surface area contributed by atoms with Crippen LogP contribution in [0.2, 0.25) is 0 Å². The van der Waals surface area contributed by atoms with Crippen LogP contribution in [0.25, 0.3) is 0 Å². The van der Waals surface area contributed by atoms with Crippen LogP contribution in [0, 0.1) is 5.82 Å². The Kier molecular flexibility index (Phi) is 13.9. The lowest BCUT2D eigenvalue weighted by Gasteiger charge is -2.22. The molecule has 0 aliphatic heterocycles. The molecular weight excluding hydrogens is 516 g/mol. The van der Waals surface area contributed by atoms with Crippen LogP contribution in [-0.4, -0.2) is 50.1 Å². The summed E-state index contributed by atoms with van der Waals surface area (Å²) in [6, 6.07) is 11.5. The summed E-state index contributed by atoms with van der Waals surface area (Å²) in [5.41, 5.74) is -0.0308. The summed E-state index contributed by atoms with van der Waals surface area (Å²) >= 11 is 0. The molecule has 0 radical (unpaired) electrons. The summed E-state index contributed by atoms with van der Waals surface area (Å²) in [4.78, 5) is 26.6. The number of ether oxygens (including phenoxy) is 2. The van der Waals surface area contributed by atoms with Gasteiger partial charge in [0.2, 0.25) is 5.91 Å². The van der Waals surface area contributed by atoms with Gasteiger partial charge in [0.05, 0.1) is 24.6 Å². The molecule has 0 aliphatic carbocycles. The van der Waals surface area contributed by atoms with Crippen LogP contribution in [0.3, 0.4) is 0 Å². The van der Waals surface area contributed by atoms with Gasteiger partial charge in [0.1, 0.15) is 12.4 Å². The highest BCUT2D eigenvalue weighted by molar-refractivity contribution is 5.77. The molecule has 6 nitrogen and oxygen atoms in total. The zero-order valence-electron chi connectivity index (χ0n) is 22.6. The number of unbranched alkanes of at least 4 members (excludes halogenated alkanes) is 4.